The summed E-state index contributed by atoms with van der Waals surface area (Å²) in [5.41, 5.74) is 0. The molecule has 2 saturated heterocycles. The second-order valence-corrected chi connectivity index (χ2v) is 5.88. The van der Waals surface area contributed by atoms with Crippen LogP contribution in [0.4, 0.5) is 0 Å². The maximum atomic E-state index is 12.4. The van der Waals surface area contributed by atoms with Gasteiger partial charge in [-0.1, -0.05) is 12.8 Å². The molecular weight excluding hydrogens is 226 g/mol. The highest BCUT2D eigenvalue weighted by Crippen LogP contribution is 2.17. The van der Waals surface area contributed by atoms with Gasteiger partial charge in [0.25, 0.3) is 0 Å². The van der Waals surface area contributed by atoms with Gasteiger partial charge in [0.1, 0.15) is 0 Å². The van der Waals surface area contributed by atoms with E-state index >= 15 is 0 Å². The molecule has 4 heteroatoms. The Morgan fingerprint density at radius 3 is 2.50 bits per heavy atom. The van der Waals surface area contributed by atoms with Crippen LogP contribution in [0.15, 0.2) is 0 Å². The first-order valence-electron chi connectivity index (χ1n) is 7.37. The van der Waals surface area contributed by atoms with Crippen molar-refractivity contribution in [2.45, 2.75) is 50.6 Å². The van der Waals surface area contributed by atoms with Crippen molar-refractivity contribution in [3.63, 3.8) is 0 Å². The van der Waals surface area contributed by atoms with Crippen LogP contribution in [0.5, 0.6) is 0 Å². The molecule has 0 aromatic heterocycles. The highest BCUT2D eigenvalue weighted by molar-refractivity contribution is 5.82. The van der Waals surface area contributed by atoms with Crippen LogP contribution >= 0.6 is 0 Å². The molecule has 0 aliphatic carbocycles. The smallest absolute Gasteiger partial charge is 0.239 e. The van der Waals surface area contributed by atoms with Crippen LogP contribution in [-0.4, -0.2) is 61.5 Å². The van der Waals surface area contributed by atoms with E-state index < -0.39 is 0 Å². The molecule has 1 unspecified atom stereocenters. The van der Waals surface area contributed by atoms with Gasteiger partial charge < -0.3 is 15.1 Å². The Hall–Kier alpha value is -0.610. The predicted molar refractivity (Wildman–Crippen MR) is 73.5 cm³/mol. The lowest BCUT2D eigenvalue weighted by atomic mass is 10.0. The lowest BCUT2D eigenvalue weighted by Crippen LogP contribution is -2.51. The van der Waals surface area contributed by atoms with Crippen molar-refractivity contribution in [3.05, 3.63) is 0 Å². The fourth-order valence-corrected chi connectivity index (χ4v) is 3.06. The maximum Gasteiger partial charge on any atom is 0.239 e. The summed E-state index contributed by atoms with van der Waals surface area (Å²) in [5, 5.41) is 3.41. The minimum Gasteiger partial charge on any atom is -0.341 e. The van der Waals surface area contributed by atoms with Crippen LogP contribution in [0.25, 0.3) is 0 Å². The van der Waals surface area contributed by atoms with Gasteiger partial charge in [-0.2, -0.15) is 0 Å². The Balaban J connectivity index is 1.82. The van der Waals surface area contributed by atoms with Crippen LogP contribution in [-0.2, 0) is 4.79 Å². The average molecular weight is 253 g/mol. The van der Waals surface area contributed by atoms with Gasteiger partial charge in [-0.05, 0) is 46.3 Å². The molecule has 2 heterocycles. The number of carbonyl (C=O) groups is 1. The molecule has 1 amide bonds. The van der Waals surface area contributed by atoms with Crippen molar-refractivity contribution in [1.82, 2.24) is 15.1 Å². The summed E-state index contributed by atoms with van der Waals surface area (Å²) < 4.78 is 0. The van der Waals surface area contributed by atoms with Gasteiger partial charge in [0.15, 0.2) is 0 Å². The number of amides is 1. The zero-order chi connectivity index (χ0) is 13.0. The Labute approximate surface area is 111 Å². The Bertz CT molecular complexity index is 264. The van der Waals surface area contributed by atoms with Gasteiger partial charge in [0.2, 0.25) is 5.91 Å². The number of carbonyl (C=O) groups excluding carboxylic acids is 1. The average Bonchev–Trinajstić information content (AvgIpc) is 2.67. The molecule has 4 nitrogen and oxygen atoms in total. The van der Waals surface area contributed by atoms with E-state index in [-0.39, 0.29) is 6.04 Å². The van der Waals surface area contributed by atoms with E-state index in [1.807, 2.05) is 0 Å². The number of nitrogens with one attached hydrogen (secondary N) is 1. The van der Waals surface area contributed by atoms with E-state index in [4.69, 9.17) is 0 Å². The molecule has 0 spiro atoms. The quantitative estimate of drug-likeness (QED) is 0.799. The summed E-state index contributed by atoms with van der Waals surface area (Å²) in [6.07, 6.45) is 6.92. The number of hydrogen-bond donors (Lipinski definition) is 1. The zero-order valence-corrected chi connectivity index (χ0v) is 11.8. The molecular formula is C14H27N3O. The first-order chi connectivity index (χ1) is 8.68. The second kappa shape index (κ2) is 6.53. The van der Waals surface area contributed by atoms with E-state index in [1.54, 1.807) is 0 Å². The lowest BCUT2D eigenvalue weighted by molar-refractivity contribution is -0.135. The van der Waals surface area contributed by atoms with Crippen molar-refractivity contribution < 1.29 is 4.79 Å². The minimum atomic E-state index is 0.0865. The van der Waals surface area contributed by atoms with E-state index in [0.717, 1.165) is 38.9 Å². The summed E-state index contributed by atoms with van der Waals surface area (Å²) in [5.74, 6) is 0.342. The summed E-state index contributed by atoms with van der Waals surface area (Å²) in [7, 11) is 4.27. The summed E-state index contributed by atoms with van der Waals surface area (Å²) in [6.45, 7) is 2.87. The number of piperidine rings is 1. The standard InChI is InChI=1S/C14H27N3O/c1-16(2)12-7-10-17(11-8-12)14(18)13-6-4-3-5-9-15-13/h12-13,15H,3-11H2,1-2H3. The van der Waals surface area contributed by atoms with Crippen molar-refractivity contribution >= 4 is 5.91 Å². The van der Waals surface area contributed by atoms with Gasteiger partial charge in [0, 0.05) is 19.1 Å². The normalized spacial score (nSPS) is 27.3. The first kappa shape index (κ1) is 13.8. The summed E-state index contributed by atoms with van der Waals surface area (Å²) in [6, 6.07) is 0.736. The fourth-order valence-electron chi connectivity index (χ4n) is 3.06. The maximum absolute atomic E-state index is 12.4. The van der Waals surface area contributed by atoms with E-state index in [1.165, 1.54) is 19.3 Å². The lowest BCUT2D eigenvalue weighted by Gasteiger charge is -2.36. The van der Waals surface area contributed by atoms with E-state index in [9.17, 15) is 4.79 Å². The van der Waals surface area contributed by atoms with Crippen LogP contribution < -0.4 is 5.32 Å². The largest absolute Gasteiger partial charge is 0.341 e. The third kappa shape index (κ3) is 3.45. The van der Waals surface area contributed by atoms with Crippen LogP contribution in [0.3, 0.4) is 0 Å². The Morgan fingerprint density at radius 2 is 1.83 bits per heavy atom. The fraction of sp³-hybridized carbons (Fsp3) is 0.929. The molecule has 0 aromatic rings. The number of hydrogen-bond acceptors (Lipinski definition) is 3. The van der Waals surface area contributed by atoms with Crippen LogP contribution in [0.2, 0.25) is 0 Å². The molecule has 2 aliphatic heterocycles. The second-order valence-electron chi connectivity index (χ2n) is 5.88. The molecule has 2 rings (SSSR count). The van der Waals surface area contributed by atoms with Crippen molar-refractivity contribution in [3.8, 4) is 0 Å². The van der Waals surface area contributed by atoms with Gasteiger partial charge >= 0.3 is 0 Å². The Morgan fingerprint density at radius 1 is 1.11 bits per heavy atom. The Kier molecular flexibility index (Phi) is 5.01. The molecule has 104 valence electrons. The summed E-state index contributed by atoms with van der Waals surface area (Å²) in [4.78, 5) is 16.8. The third-order valence-corrected chi connectivity index (χ3v) is 4.36. The van der Waals surface area contributed by atoms with E-state index in [2.05, 4.69) is 29.2 Å². The van der Waals surface area contributed by atoms with E-state index in [0.29, 0.717) is 11.9 Å². The molecule has 2 aliphatic rings. The van der Waals surface area contributed by atoms with Crippen molar-refractivity contribution in [1.29, 1.82) is 0 Å². The first-order valence-corrected chi connectivity index (χ1v) is 7.37. The van der Waals surface area contributed by atoms with Gasteiger partial charge in [-0.25, -0.2) is 0 Å². The van der Waals surface area contributed by atoms with Gasteiger partial charge in [-0.15, -0.1) is 0 Å². The molecule has 1 N–H and O–H groups in total. The third-order valence-electron chi connectivity index (χ3n) is 4.36. The zero-order valence-electron chi connectivity index (χ0n) is 11.8. The molecule has 0 saturated carbocycles. The molecule has 2 fully saturated rings. The molecule has 0 aromatic carbocycles. The van der Waals surface area contributed by atoms with Crippen LogP contribution in [0.1, 0.15) is 38.5 Å². The topological polar surface area (TPSA) is 35.6 Å². The number of rotatable bonds is 2. The predicted octanol–water partition coefficient (Wildman–Crippen LogP) is 1.07. The molecule has 18 heavy (non-hydrogen) atoms. The van der Waals surface area contributed by atoms with Crippen molar-refractivity contribution in [2.24, 2.45) is 0 Å². The molecule has 0 radical (unpaired) electrons. The van der Waals surface area contributed by atoms with Crippen LogP contribution in [0, 0.1) is 0 Å². The summed E-state index contributed by atoms with van der Waals surface area (Å²) >= 11 is 0. The van der Waals surface area contributed by atoms with Gasteiger partial charge in [-0.3, -0.25) is 4.79 Å². The molecule has 1 atom stereocenters. The highest BCUT2D eigenvalue weighted by Gasteiger charge is 2.28. The number of nitrogens with zero attached hydrogens (tertiary/aromatic N) is 2. The molecule has 0 bridgehead atoms. The monoisotopic (exact) mass is 253 g/mol. The SMILES string of the molecule is CN(C)C1CCN(C(=O)C2CCCCCN2)CC1. The van der Waals surface area contributed by atoms with Gasteiger partial charge in [0.05, 0.1) is 6.04 Å². The van der Waals surface area contributed by atoms with Crippen molar-refractivity contribution in [2.75, 3.05) is 33.7 Å². The minimum absolute atomic E-state index is 0.0865. The number of likely N-dealkylation sites (tertiary alicyclic amines) is 1. The highest BCUT2D eigenvalue weighted by atomic mass is 16.2.